The molecule has 0 aliphatic carbocycles. The molecular formula is C26H29F6N2+. The maximum Gasteiger partial charge on any atom is 0.416 e. The minimum absolute atomic E-state index is 0.161. The summed E-state index contributed by atoms with van der Waals surface area (Å²) in [5.74, 6) is 0. The Hall–Kier alpha value is -2.77. The first-order valence-electron chi connectivity index (χ1n) is 11.5. The number of para-hydroxylation sites is 1. The smallest absolute Gasteiger partial charge is 0.313 e. The lowest BCUT2D eigenvalue weighted by molar-refractivity contribution is -0.524. The van der Waals surface area contributed by atoms with Gasteiger partial charge < -0.3 is 4.57 Å². The Morgan fingerprint density at radius 3 is 1.85 bits per heavy atom. The van der Waals surface area contributed by atoms with Crippen molar-refractivity contribution in [3.05, 3.63) is 64.8 Å². The van der Waals surface area contributed by atoms with Crippen molar-refractivity contribution in [2.45, 2.75) is 58.8 Å². The summed E-state index contributed by atoms with van der Waals surface area (Å²) < 4.78 is 84.6. The van der Waals surface area contributed by atoms with Crippen molar-refractivity contribution in [3.8, 4) is 5.69 Å². The first-order valence-corrected chi connectivity index (χ1v) is 11.5. The summed E-state index contributed by atoms with van der Waals surface area (Å²) in [5.41, 5.74) is -0.866. The average molecular weight is 484 g/mol. The van der Waals surface area contributed by atoms with E-state index in [1.54, 1.807) is 19.1 Å². The highest BCUT2D eigenvalue weighted by atomic mass is 19.4. The molecule has 0 amide bonds. The van der Waals surface area contributed by atoms with Gasteiger partial charge in [-0.3, -0.25) is 0 Å². The van der Waals surface area contributed by atoms with E-state index in [0.29, 0.717) is 11.2 Å². The molecule has 0 spiro atoms. The number of rotatable bonds is 8. The molecule has 2 aromatic carbocycles. The fourth-order valence-electron chi connectivity index (χ4n) is 4.10. The first-order chi connectivity index (χ1) is 16.0. The molecule has 0 bridgehead atoms. The van der Waals surface area contributed by atoms with Crippen LogP contribution in [0.5, 0.6) is 0 Å². The molecule has 1 aromatic heterocycles. The maximum atomic E-state index is 13.5. The van der Waals surface area contributed by atoms with Crippen molar-refractivity contribution in [1.82, 2.24) is 4.57 Å². The normalized spacial score (nSPS) is 12.4. The molecule has 8 heteroatoms. The van der Waals surface area contributed by atoms with Crippen LogP contribution in [0.15, 0.2) is 42.5 Å². The summed E-state index contributed by atoms with van der Waals surface area (Å²) in [4.78, 5) is 0. The molecule has 184 valence electrons. The monoisotopic (exact) mass is 483 g/mol. The van der Waals surface area contributed by atoms with E-state index >= 15 is 0 Å². The number of hydrogen-bond donors (Lipinski definition) is 0. The van der Waals surface area contributed by atoms with Crippen molar-refractivity contribution >= 4 is 17.1 Å². The van der Waals surface area contributed by atoms with Crippen molar-refractivity contribution < 1.29 is 30.9 Å². The van der Waals surface area contributed by atoms with Gasteiger partial charge in [0.15, 0.2) is 6.21 Å². The van der Waals surface area contributed by atoms with Gasteiger partial charge in [-0.05, 0) is 31.2 Å². The van der Waals surface area contributed by atoms with Gasteiger partial charge in [-0.1, -0.05) is 44.9 Å². The third kappa shape index (κ3) is 5.65. The highest BCUT2D eigenvalue weighted by Gasteiger charge is 2.37. The lowest BCUT2D eigenvalue weighted by atomic mass is 10.1. The third-order valence-corrected chi connectivity index (χ3v) is 5.90. The SMILES string of the molecule is CCCC[N+](=Cc1c(C)n(-c2cc(C(F)(F)F)cc(C(F)(F)F)c2)c2ccccc12)CCCC. The zero-order valence-electron chi connectivity index (χ0n) is 19.5. The van der Waals surface area contributed by atoms with Gasteiger partial charge in [-0.2, -0.15) is 26.3 Å². The standard InChI is InChI=1S/C26H29F6N2/c1-4-6-12-33(13-7-5-2)17-23-18(3)34(24-11-9-8-10-22(23)24)21-15-19(25(27,28)29)14-20(16-21)26(30,31)32/h8-11,14-17H,4-7,12-13H2,1-3H3/q+1. The van der Waals surface area contributed by atoms with Crippen molar-refractivity contribution in [2.75, 3.05) is 13.1 Å². The summed E-state index contributed by atoms with van der Waals surface area (Å²) in [6.07, 6.45) is -3.81. The Kier molecular flexibility index (Phi) is 7.78. The second-order valence-corrected chi connectivity index (χ2v) is 8.49. The topological polar surface area (TPSA) is 7.94 Å². The van der Waals surface area contributed by atoms with Gasteiger partial charge in [0, 0.05) is 29.6 Å². The molecule has 2 nitrogen and oxygen atoms in total. The van der Waals surface area contributed by atoms with Crippen LogP contribution in [0.2, 0.25) is 0 Å². The Bertz CT molecular complexity index is 1130. The summed E-state index contributed by atoms with van der Waals surface area (Å²) in [6, 6.07) is 8.84. The van der Waals surface area contributed by atoms with Crippen LogP contribution in [0, 0.1) is 6.92 Å². The van der Waals surface area contributed by atoms with E-state index in [0.717, 1.165) is 61.9 Å². The molecular weight excluding hydrogens is 454 g/mol. The van der Waals surface area contributed by atoms with Crippen molar-refractivity contribution in [1.29, 1.82) is 0 Å². The number of benzene rings is 2. The molecule has 0 saturated heterocycles. The zero-order chi connectivity index (χ0) is 25.1. The number of halogens is 6. The summed E-state index contributed by atoms with van der Waals surface area (Å²) >= 11 is 0. The molecule has 0 atom stereocenters. The van der Waals surface area contributed by atoms with Gasteiger partial charge in [0.1, 0.15) is 13.1 Å². The molecule has 34 heavy (non-hydrogen) atoms. The Morgan fingerprint density at radius 2 is 1.35 bits per heavy atom. The maximum absolute atomic E-state index is 13.5. The number of alkyl halides is 6. The van der Waals surface area contributed by atoms with Gasteiger partial charge in [0.2, 0.25) is 0 Å². The molecule has 0 fully saturated rings. The molecule has 0 radical (unpaired) electrons. The summed E-state index contributed by atoms with van der Waals surface area (Å²) in [5, 5.41) is 0.781. The second kappa shape index (κ2) is 10.2. The van der Waals surface area contributed by atoms with Gasteiger partial charge in [-0.15, -0.1) is 0 Å². The van der Waals surface area contributed by atoms with E-state index < -0.39 is 23.5 Å². The van der Waals surface area contributed by atoms with Crippen LogP contribution in [-0.2, 0) is 12.4 Å². The molecule has 0 N–H and O–H groups in total. The fraction of sp³-hybridized carbons (Fsp3) is 0.423. The van der Waals surface area contributed by atoms with E-state index in [4.69, 9.17) is 0 Å². The number of unbranched alkanes of at least 4 members (excludes halogenated alkanes) is 2. The minimum atomic E-state index is -4.90. The lowest BCUT2D eigenvalue weighted by Gasteiger charge is -2.16. The van der Waals surface area contributed by atoms with Crippen LogP contribution in [-0.4, -0.2) is 28.4 Å². The van der Waals surface area contributed by atoms with E-state index in [-0.39, 0.29) is 11.8 Å². The third-order valence-electron chi connectivity index (χ3n) is 5.90. The highest BCUT2D eigenvalue weighted by molar-refractivity contribution is 6.00. The Balaban J connectivity index is 2.28. The van der Waals surface area contributed by atoms with Crippen LogP contribution in [0.25, 0.3) is 16.6 Å². The molecule has 0 aliphatic heterocycles. The number of aromatic nitrogens is 1. The van der Waals surface area contributed by atoms with Crippen molar-refractivity contribution in [3.63, 3.8) is 0 Å². The van der Waals surface area contributed by atoms with E-state index in [1.807, 2.05) is 18.3 Å². The number of nitrogens with zero attached hydrogens (tertiary/aromatic N) is 2. The van der Waals surface area contributed by atoms with Gasteiger partial charge in [0.05, 0.1) is 22.2 Å². The summed E-state index contributed by atoms with van der Waals surface area (Å²) in [7, 11) is 0. The van der Waals surface area contributed by atoms with E-state index in [9.17, 15) is 26.3 Å². The zero-order valence-corrected chi connectivity index (χ0v) is 19.5. The first kappa shape index (κ1) is 25.8. The molecule has 0 unspecified atom stereocenters. The van der Waals surface area contributed by atoms with Crippen LogP contribution in [0.3, 0.4) is 0 Å². The average Bonchev–Trinajstić information content (AvgIpc) is 3.05. The van der Waals surface area contributed by atoms with Gasteiger partial charge in [-0.25, -0.2) is 4.58 Å². The predicted molar refractivity (Wildman–Crippen MR) is 123 cm³/mol. The minimum Gasteiger partial charge on any atom is -0.313 e. The van der Waals surface area contributed by atoms with Crippen molar-refractivity contribution in [2.24, 2.45) is 0 Å². The number of fused-ring (bicyclic) bond motifs is 1. The largest absolute Gasteiger partial charge is 0.416 e. The molecule has 0 saturated carbocycles. The molecule has 3 rings (SSSR count). The lowest BCUT2D eigenvalue weighted by Crippen LogP contribution is -2.17. The van der Waals surface area contributed by atoms with Gasteiger partial charge >= 0.3 is 12.4 Å². The summed E-state index contributed by atoms with van der Waals surface area (Å²) in [6.45, 7) is 7.59. The Labute approximate surface area is 195 Å². The Morgan fingerprint density at radius 1 is 0.824 bits per heavy atom. The highest BCUT2D eigenvalue weighted by Crippen LogP contribution is 2.38. The molecule has 1 heterocycles. The van der Waals surface area contributed by atoms with Crippen LogP contribution in [0.4, 0.5) is 26.3 Å². The van der Waals surface area contributed by atoms with E-state index in [2.05, 4.69) is 18.4 Å². The van der Waals surface area contributed by atoms with Crippen LogP contribution in [0.1, 0.15) is 61.9 Å². The van der Waals surface area contributed by atoms with E-state index in [1.165, 1.54) is 4.57 Å². The molecule has 3 aromatic rings. The molecule has 0 aliphatic rings. The number of hydrogen-bond acceptors (Lipinski definition) is 0. The van der Waals surface area contributed by atoms with Gasteiger partial charge in [0.25, 0.3) is 0 Å². The quantitative estimate of drug-likeness (QED) is 0.174. The fourth-order valence-corrected chi connectivity index (χ4v) is 4.10. The van der Waals surface area contributed by atoms with Crippen LogP contribution < -0.4 is 0 Å². The second-order valence-electron chi connectivity index (χ2n) is 8.49. The predicted octanol–water partition coefficient (Wildman–Crippen LogP) is 8.01. The van der Waals surface area contributed by atoms with Crippen LogP contribution >= 0.6 is 0 Å².